The molecule has 0 unspecified atom stereocenters. The number of rotatable bonds is 5. The summed E-state index contributed by atoms with van der Waals surface area (Å²) in [5, 5.41) is 19.6. The fourth-order valence-electron chi connectivity index (χ4n) is 3.33. The molecule has 0 radical (unpaired) electrons. The van der Waals surface area contributed by atoms with Gasteiger partial charge in [0.2, 0.25) is 11.6 Å². The monoisotopic (exact) mass is 546 g/mol. The lowest BCUT2D eigenvalue weighted by Crippen LogP contribution is -2.12. The van der Waals surface area contributed by atoms with Crippen molar-refractivity contribution in [3.8, 4) is 22.8 Å². The van der Waals surface area contributed by atoms with Crippen LogP contribution in [0, 0.1) is 10.1 Å². The van der Waals surface area contributed by atoms with Crippen molar-refractivity contribution in [2.75, 3.05) is 6.79 Å². The van der Waals surface area contributed by atoms with Gasteiger partial charge in [0, 0.05) is 21.0 Å². The Labute approximate surface area is 217 Å². The summed E-state index contributed by atoms with van der Waals surface area (Å²) in [7, 11) is 0. The van der Waals surface area contributed by atoms with Gasteiger partial charge < -0.3 is 9.47 Å². The predicted octanol–water partition coefficient (Wildman–Crippen LogP) is 6.93. The Hall–Kier alpha value is -3.37. The van der Waals surface area contributed by atoms with Crippen molar-refractivity contribution in [2.45, 2.75) is 0 Å². The number of nitrogens with zero attached hydrogens (tertiary/aromatic N) is 4. The van der Waals surface area contributed by atoms with E-state index in [-0.39, 0.29) is 18.0 Å². The fraction of sp³-hybridized carbons (Fsp3) is 0.0435. The zero-order valence-corrected chi connectivity index (χ0v) is 20.6. The van der Waals surface area contributed by atoms with Crippen LogP contribution in [0.4, 0.5) is 11.4 Å². The highest BCUT2D eigenvalue weighted by Crippen LogP contribution is 2.37. The van der Waals surface area contributed by atoms with Crippen LogP contribution in [-0.2, 0) is 0 Å². The summed E-state index contributed by atoms with van der Waals surface area (Å²) in [5.74, 6) is 0.712. The molecule has 35 heavy (non-hydrogen) atoms. The highest BCUT2D eigenvalue weighted by molar-refractivity contribution is 7.07. The molecule has 176 valence electrons. The van der Waals surface area contributed by atoms with Crippen molar-refractivity contribution in [1.29, 1.82) is 0 Å². The van der Waals surface area contributed by atoms with Crippen molar-refractivity contribution in [3.63, 3.8) is 0 Å². The minimum absolute atomic E-state index is 0.00427. The van der Waals surface area contributed by atoms with E-state index in [0.29, 0.717) is 48.3 Å². The molecule has 0 atom stereocenters. The first kappa shape index (κ1) is 23.4. The SMILES string of the molecule is O=[N+]([O-])c1cc2c(cc1C=Nn1c(-c3ccc(Cl)cc3Cl)csc1=Nc1ccc(Cl)cc1)OCO2. The largest absolute Gasteiger partial charge is 0.454 e. The molecule has 0 saturated carbocycles. The van der Waals surface area contributed by atoms with E-state index in [1.54, 1.807) is 47.1 Å². The van der Waals surface area contributed by atoms with Crippen molar-refractivity contribution < 1.29 is 14.4 Å². The molecular formula is C23H13Cl3N4O4S. The number of thiazole rings is 1. The minimum atomic E-state index is -0.502. The minimum Gasteiger partial charge on any atom is -0.454 e. The zero-order valence-electron chi connectivity index (χ0n) is 17.5. The second kappa shape index (κ2) is 9.71. The quantitative estimate of drug-likeness (QED) is 0.154. The third-order valence-corrected chi connectivity index (χ3v) is 6.59. The molecule has 1 aliphatic heterocycles. The maximum absolute atomic E-state index is 11.7. The smallest absolute Gasteiger partial charge is 0.282 e. The third-order valence-electron chi connectivity index (χ3n) is 4.97. The van der Waals surface area contributed by atoms with Gasteiger partial charge in [-0.25, -0.2) is 9.67 Å². The molecule has 4 aromatic rings. The Morgan fingerprint density at radius 3 is 2.43 bits per heavy atom. The van der Waals surface area contributed by atoms with Crippen LogP contribution in [0.15, 0.2) is 70.1 Å². The standard InChI is InChI=1S/C23H13Cl3N4O4S/c24-14-1-4-16(5-2-14)28-23-29(20(11-35-23)17-6-3-15(25)8-18(17)26)27-10-13-7-21-22(34-12-33-21)9-19(13)30(31)32/h1-11H,12H2. The highest BCUT2D eigenvalue weighted by atomic mass is 35.5. The van der Waals surface area contributed by atoms with Gasteiger partial charge in [-0.3, -0.25) is 10.1 Å². The van der Waals surface area contributed by atoms with Crippen LogP contribution in [-0.4, -0.2) is 22.6 Å². The second-order valence-electron chi connectivity index (χ2n) is 7.19. The number of hydrogen-bond donors (Lipinski definition) is 0. The average Bonchev–Trinajstić information content (AvgIpc) is 3.45. The van der Waals surface area contributed by atoms with E-state index in [1.807, 2.05) is 5.38 Å². The molecular weight excluding hydrogens is 535 g/mol. The Bertz CT molecular complexity index is 1550. The third kappa shape index (κ3) is 4.89. The molecule has 0 saturated heterocycles. The lowest BCUT2D eigenvalue weighted by molar-refractivity contribution is -0.385. The molecule has 1 aromatic heterocycles. The molecule has 1 aliphatic rings. The van der Waals surface area contributed by atoms with Crippen LogP contribution in [0.25, 0.3) is 11.3 Å². The molecule has 3 aromatic carbocycles. The number of aromatic nitrogens is 1. The van der Waals surface area contributed by atoms with E-state index in [2.05, 4.69) is 10.1 Å². The number of fused-ring (bicyclic) bond motifs is 1. The lowest BCUT2D eigenvalue weighted by Gasteiger charge is -2.07. The van der Waals surface area contributed by atoms with Gasteiger partial charge in [0.1, 0.15) is 0 Å². The maximum atomic E-state index is 11.7. The normalized spacial score (nSPS) is 13.1. The number of halogens is 3. The fourth-order valence-corrected chi connectivity index (χ4v) is 4.80. The van der Waals surface area contributed by atoms with Gasteiger partial charge in [0.25, 0.3) is 5.69 Å². The summed E-state index contributed by atoms with van der Waals surface area (Å²) < 4.78 is 12.2. The van der Waals surface area contributed by atoms with Gasteiger partial charge in [-0.1, -0.05) is 34.8 Å². The number of ether oxygens (including phenoxy) is 2. The summed E-state index contributed by atoms with van der Waals surface area (Å²) in [6.45, 7) is -0.00427. The average molecular weight is 548 g/mol. The summed E-state index contributed by atoms with van der Waals surface area (Å²) >= 11 is 19.9. The molecule has 5 rings (SSSR count). The molecule has 0 N–H and O–H groups in total. The Balaban J connectivity index is 1.67. The summed E-state index contributed by atoms with van der Waals surface area (Å²) in [6.07, 6.45) is 1.38. The number of nitro groups is 1. The molecule has 0 spiro atoms. The van der Waals surface area contributed by atoms with E-state index >= 15 is 0 Å². The molecule has 2 heterocycles. The van der Waals surface area contributed by atoms with Gasteiger partial charge in [0.15, 0.2) is 11.5 Å². The van der Waals surface area contributed by atoms with Crippen LogP contribution in [0.1, 0.15) is 5.56 Å². The zero-order chi connectivity index (χ0) is 24.5. The number of hydrogen-bond acceptors (Lipinski definition) is 7. The van der Waals surface area contributed by atoms with Crippen LogP contribution < -0.4 is 14.3 Å². The van der Waals surface area contributed by atoms with E-state index in [0.717, 1.165) is 0 Å². The van der Waals surface area contributed by atoms with E-state index in [9.17, 15) is 10.1 Å². The summed E-state index contributed by atoms with van der Waals surface area (Å²) in [4.78, 5) is 16.3. The van der Waals surface area contributed by atoms with Gasteiger partial charge >= 0.3 is 0 Å². The molecule has 0 amide bonds. The maximum Gasteiger partial charge on any atom is 0.282 e. The van der Waals surface area contributed by atoms with Crippen molar-refractivity contribution in [1.82, 2.24) is 4.68 Å². The van der Waals surface area contributed by atoms with Crippen LogP contribution in [0.2, 0.25) is 15.1 Å². The van der Waals surface area contributed by atoms with Gasteiger partial charge in [-0.05, 0) is 48.5 Å². The Kier molecular flexibility index (Phi) is 6.48. The summed E-state index contributed by atoms with van der Waals surface area (Å²) in [6, 6.07) is 15.0. The second-order valence-corrected chi connectivity index (χ2v) is 9.31. The van der Waals surface area contributed by atoms with Crippen LogP contribution in [0.5, 0.6) is 11.5 Å². The molecule has 0 bridgehead atoms. The van der Waals surface area contributed by atoms with Crippen molar-refractivity contribution >= 4 is 63.7 Å². The topological polar surface area (TPSA) is 91.2 Å². The van der Waals surface area contributed by atoms with E-state index in [1.165, 1.54) is 29.7 Å². The highest BCUT2D eigenvalue weighted by Gasteiger charge is 2.23. The number of benzene rings is 3. The Morgan fingerprint density at radius 1 is 1.00 bits per heavy atom. The van der Waals surface area contributed by atoms with E-state index in [4.69, 9.17) is 44.3 Å². The summed E-state index contributed by atoms with van der Waals surface area (Å²) in [5.41, 5.74) is 2.02. The lowest BCUT2D eigenvalue weighted by atomic mass is 10.1. The van der Waals surface area contributed by atoms with Crippen molar-refractivity contribution in [2.24, 2.45) is 10.1 Å². The number of nitro benzene ring substituents is 1. The van der Waals surface area contributed by atoms with Crippen LogP contribution >= 0.6 is 46.1 Å². The van der Waals surface area contributed by atoms with Gasteiger partial charge in [-0.15, -0.1) is 11.3 Å². The van der Waals surface area contributed by atoms with Gasteiger partial charge in [-0.2, -0.15) is 5.10 Å². The van der Waals surface area contributed by atoms with Crippen molar-refractivity contribution in [3.05, 3.63) is 95.5 Å². The van der Waals surface area contributed by atoms with E-state index < -0.39 is 4.92 Å². The predicted molar refractivity (Wildman–Crippen MR) is 137 cm³/mol. The first-order valence-corrected chi connectivity index (χ1v) is 12.0. The molecule has 8 nitrogen and oxygen atoms in total. The first-order chi connectivity index (χ1) is 16.9. The van der Waals surface area contributed by atoms with Crippen LogP contribution in [0.3, 0.4) is 0 Å². The molecule has 12 heteroatoms. The van der Waals surface area contributed by atoms with Gasteiger partial charge in [0.05, 0.1) is 39.2 Å². The molecule has 0 aliphatic carbocycles. The first-order valence-electron chi connectivity index (χ1n) is 9.98. The Morgan fingerprint density at radius 2 is 1.71 bits per heavy atom. The molecule has 0 fully saturated rings.